The van der Waals surface area contributed by atoms with Gasteiger partial charge in [0.2, 0.25) is 0 Å². The fourth-order valence-electron chi connectivity index (χ4n) is 1.66. The lowest BCUT2D eigenvalue weighted by Gasteiger charge is -2.26. The Kier molecular flexibility index (Phi) is 4.46. The molecule has 1 heterocycles. The standard InChI is InChI=1S/C13H23N3O/c1-9(2)12-14-10(3)7-11(15-12)16-13(4,5)8-17-6/h7,9H,8H2,1-6H3,(H,14,15,16). The number of hydrogen-bond acceptors (Lipinski definition) is 4. The van der Waals surface area contributed by atoms with Crippen LogP contribution in [0.3, 0.4) is 0 Å². The van der Waals surface area contributed by atoms with Crippen molar-refractivity contribution in [2.75, 3.05) is 19.0 Å². The third-order valence-corrected chi connectivity index (χ3v) is 2.36. The molecule has 1 rings (SSSR count). The molecule has 0 saturated carbocycles. The highest BCUT2D eigenvalue weighted by Gasteiger charge is 2.18. The molecular formula is C13H23N3O. The van der Waals surface area contributed by atoms with Crippen LogP contribution in [-0.2, 0) is 4.74 Å². The maximum absolute atomic E-state index is 5.18. The third-order valence-electron chi connectivity index (χ3n) is 2.36. The summed E-state index contributed by atoms with van der Waals surface area (Å²) in [4.78, 5) is 8.95. The topological polar surface area (TPSA) is 47.0 Å². The van der Waals surface area contributed by atoms with Crippen LogP contribution >= 0.6 is 0 Å². The first kappa shape index (κ1) is 13.9. The van der Waals surface area contributed by atoms with E-state index in [0.717, 1.165) is 17.3 Å². The van der Waals surface area contributed by atoms with Crippen molar-refractivity contribution in [3.8, 4) is 0 Å². The molecule has 0 bridgehead atoms. The average molecular weight is 237 g/mol. The molecule has 1 N–H and O–H groups in total. The molecule has 0 aliphatic heterocycles. The summed E-state index contributed by atoms with van der Waals surface area (Å²) < 4.78 is 5.18. The summed E-state index contributed by atoms with van der Waals surface area (Å²) in [5, 5.41) is 3.38. The smallest absolute Gasteiger partial charge is 0.133 e. The number of anilines is 1. The maximum atomic E-state index is 5.18. The summed E-state index contributed by atoms with van der Waals surface area (Å²) in [6, 6.07) is 1.96. The van der Waals surface area contributed by atoms with Crippen molar-refractivity contribution in [3.63, 3.8) is 0 Å². The highest BCUT2D eigenvalue weighted by Crippen LogP contribution is 2.17. The van der Waals surface area contributed by atoms with E-state index in [9.17, 15) is 0 Å². The Hall–Kier alpha value is -1.16. The summed E-state index contributed by atoms with van der Waals surface area (Å²) in [6.07, 6.45) is 0. The highest BCUT2D eigenvalue weighted by atomic mass is 16.5. The molecular weight excluding hydrogens is 214 g/mol. The predicted octanol–water partition coefficient (Wildman–Crippen LogP) is 2.75. The zero-order valence-electron chi connectivity index (χ0n) is 11.7. The van der Waals surface area contributed by atoms with Crippen LogP contribution in [0, 0.1) is 6.92 Å². The molecule has 4 nitrogen and oxygen atoms in total. The summed E-state index contributed by atoms with van der Waals surface area (Å²) in [6.45, 7) is 11.0. The van der Waals surface area contributed by atoms with Gasteiger partial charge in [-0.25, -0.2) is 9.97 Å². The van der Waals surface area contributed by atoms with Gasteiger partial charge in [-0.05, 0) is 20.8 Å². The van der Waals surface area contributed by atoms with Gasteiger partial charge in [-0.1, -0.05) is 13.8 Å². The minimum atomic E-state index is -0.135. The Morgan fingerprint density at radius 2 is 2.00 bits per heavy atom. The molecule has 4 heteroatoms. The zero-order valence-corrected chi connectivity index (χ0v) is 11.7. The first-order valence-electron chi connectivity index (χ1n) is 5.97. The molecule has 0 aromatic carbocycles. The number of nitrogens with one attached hydrogen (secondary N) is 1. The molecule has 96 valence electrons. The molecule has 0 unspecified atom stereocenters. The number of hydrogen-bond donors (Lipinski definition) is 1. The summed E-state index contributed by atoms with van der Waals surface area (Å²) >= 11 is 0. The van der Waals surface area contributed by atoms with Crippen molar-refractivity contribution in [2.24, 2.45) is 0 Å². The van der Waals surface area contributed by atoms with Crippen molar-refractivity contribution in [1.29, 1.82) is 0 Å². The molecule has 0 saturated heterocycles. The molecule has 1 aromatic heterocycles. The lowest BCUT2D eigenvalue weighted by Crippen LogP contribution is -2.36. The van der Waals surface area contributed by atoms with E-state index in [4.69, 9.17) is 4.74 Å². The van der Waals surface area contributed by atoms with Gasteiger partial charge in [-0.2, -0.15) is 0 Å². The second-order valence-electron chi connectivity index (χ2n) is 5.35. The van der Waals surface area contributed by atoms with Gasteiger partial charge >= 0.3 is 0 Å². The molecule has 17 heavy (non-hydrogen) atoms. The van der Waals surface area contributed by atoms with Crippen LogP contribution in [0.15, 0.2) is 6.07 Å². The second kappa shape index (κ2) is 5.45. The Morgan fingerprint density at radius 3 is 2.53 bits per heavy atom. The lowest BCUT2D eigenvalue weighted by molar-refractivity contribution is 0.158. The first-order chi connectivity index (χ1) is 7.84. The molecule has 1 aromatic rings. The second-order valence-corrected chi connectivity index (χ2v) is 5.35. The van der Waals surface area contributed by atoms with E-state index in [0.29, 0.717) is 12.5 Å². The number of rotatable bonds is 5. The zero-order chi connectivity index (χ0) is 13.1. The van der Waals surface area contributed by atoms with Crippen LogP contribution in [-0.4, -0.2) is 29.2 Å². The Balaban J connectivity index is 2.91. The molecule has 0 fully saturated rings. The van der Waals surface area contributed by atoms with E-state index in [-0.39, 0.29) is 5.54 Å². The van der Waals surface area contributed by atoms with E-state index >= 15 is 0 Å². The minimum absolute atomic E-state index is 0.135. The van der Waals surface area contributed by atoms with Gasteiger partial charge in [-0.3, -0.25) is 0 Å². The van der Waals surface area contributed by atoms with Crippen LogP contribution in [0.4, 0.5) is 5.82 Å². The van der Waals surface area contributed by atoms with Gasteiger partial charge < -0.3 is 10.1 Å². The van der Waals surface area contributed by atoms with E-state index in [2.05, 4.69) is 43.0 Å². The number of aromatic nitrogens is 2. The number of nitrogens with zero attached hydrogens (tertiary/aromatic N) is 2. The van der Waals surface area contributed by atoms with Crippen molar-refractivity contribution in [2.45, 2.75) is 46.1 Å². The van der Waals surface area contributed by atoms with Gasteiger partial charge in [0.05, 0.1) is 12.1 Å². The van der Waals surface area contributed by atoms with Crippen LogP contribution in [0.5, 0.6) is 0 Å². The van der Waals surface area contributed by atoms with Crippen LogP contribution in [0.25, 0.3) is 0 Å². The number of aryl methyl sites for hydroxylation is 1. The van der Waals surface area contributed by atoms with Crippen molar-refractivity contribution < 1.29 is 4.74 Å². The monoisotopic (exact) mass is 237 g/mol. The Morgan fingerprint density at radius 1 is 1.35 bits per heavy atom. The molecule has 0 aliphatic carbocycles. The summed E-state index contributed by atoms with van der Waals surface area (Å²) in [5.74, 6) is 2.07. The number of methoxy groups -OCH3 is 1. The fraction of sp³-hybridized carbons (Fsp3) is 0.692. The van der Waals surface area contributed by atoms with Crippen molar-refractivity contribution in [1.82, 2.24) is 9.97 Å². The Bertz CT molecular complexity index is 375. The fourth-order valence-corrected chi connectivity index (χ4v) is 1.66. The molecule has 0 amide bonds. The van der Waals surface area contributed by atoms with E-state index in [1.54, 1.807) is 7.11 Å². The maximum Gasteiger partial charge on any atom is 0.133 e. The van der Waals surface area contributed by atoms with Gasteiger partial charge in [0.25, 0.3) is 0 Å². The third kappa shape index (κ3) is 4.30. The lowest BCUT2D eigenvalue weighted by atomic mass is 10.1. The number of ether oxygens (including phenoxy) is 1. The quantitative estimate of drug-likeness (QED) is 0.855. The highest BCUT2D eigenvalue weighted by molar-refractivity contribution is 5.38. The SMILES string of the molecule is COCC(C)(C)Nc1cc(C)nc(C(C)C)n1. The predicted molar refractivity (Wildman–Crippen MR) is 70.4 cm³/mol. The molecule has 0 spiro atoms. The van der Waals surface area contributed by atoms with Crippen LogP contribution in [0.2, 0.25) is 0 Å². The minimum Gasteiger partial charge on any atom is -0.382 e. The molecule has 0 radical (unpaired) electrons. The summed E-state index contributed by atoms with van der Waals surface area (Å²) in [7, 11) is 1.70. The molecule has 0 aliphatic rings. The normalized spacial score (nSPS) is 11.9. The van der Waals surface area contributed by atoms with Gasteiger partial charge in [0, 0.05) is 24.8 Å². The van der Waals surface area contributed by atoms with E-state index in [1.807, 2.05) is 13.0 Å². The van der Waals surface area contributed by atoms with Crippen LogP contribution in [0.1, 0.15) is 45.1 Å². The Labute approximate surface area is 104 Å². The van der Waals surface area contributed by atoms with Crippen molar-refractivity contribution >= 4 is 5.82 Å². The van der Waals surface area contributed by atoms with Crippen LogP contribution < -0.4 is 5.32 Å². The van der Waals surface area contributed by atoms with Gasteiger partial charge in [0.15, 0.2) is 0 Å². The average Bonchev–Trinajstić information content (AvgIpc) is 2.15. The molecule has 0 atom stereocenters. The van der Waals surface area contributed by atoms with Gasteiger partial charge in [-0.15, -0.1) is 0 Å². The van der Waals surface area contributed by atoms with E-state index in [1.165, 1.54) is 0 Å². The van der Waals surface area contributed by atoms with Gasteiger partial charge in [0.1, 0.15) is 11.6 Å². The van der Waals surface area contributed by atoms with Crippen molar-refractivity contribution in [3.05, 3.63) is 17.6 Å². The first-order valence-corrected chi connectivity index (χ1v) is 5.97. The largest absolute Gasteiger partial charge is 0.382 e. The summed E-state index contributed by atoms with van der Waals surface area (Å²) in [5.41, 5.74) is 0.850. The van der Waals surface area contributed by atoms with E-state index < -0.39 is 0 Å².